The molecule has 0 radical (unpaired) electrons. The minimum absolute atomic E-state index is 0.356. The summed E-state index contributed by atoms with van der Waals surface area (Å²) in [4.78, 5) is 10.5. The van der Waals surface area contributed by atoms with Gasteiger partial charge in [-0.25, -0.2) is 4.79 Å². The van der Waals surface area contributed by atoms with Gasteiger partial charge >= 0.3 is 5.97 Å². The van der Waals surface area contributed by atoms with E-state index in [9.17, 15) is 9.90 Å². The molecule has 1 unspecified atom stereocenters. The van der Waals surface area contributed by atoms with Crippen LogP contribution >= 0.6 is 0 Å². The van der Waals surface area contributed by atoms with Gasteiger partial charge in [0.25, 0.3) is 0 Å². The number of hydrogen-bond acceptors (Lipinski definition) is 3. The molecule has 0 bridgehead atoms. The van der Waals surface area contributed by atoms with E-state index in [1.54, 1.807) is 6.08 Å². The normalized spacial score (nSPS) is 25.3. The third-order valence-corrected chi connectivity index (χ3v) is 1.64. The molecular weight excluding hydrogens is 144 g/mol. The molecule has 1 aliphatic rings. The van der Waals surface area contributed by atoms with Crippen molar-refractivity contribution in [1.29, 1.82) is 0 Å². The Labute approximate surface area is 65.7 Å². The fourth-order valence-electron chi connectivity index (χ4n) is 1.05. The number of carbonyl (C=O) groups is 1. The molecule has 11 heavy (non-hydrogen) atoms. The largest absolute Gasteiger partial charge is 0.452 e. The van der Waals surface area contributed by atoms with E-state index in [1.807, 2.05) is 6.92 Å². The summed E-state index contributed by atoms with van der Waals surface area (Å²) in [5.74, 6) is -0.356. The second-order valence-corrected chi connectivity index (χ2v) is 2.62. The van der Waals surface area contributed by atoms with Crippen LogP contribution < -0.4 is 0 Å². The lowest BCUT2D eigenvalue weighted by Gasteiger charge is -2.14. The second-order valence-electron chi connectivity index (χ2n) is 2.62. The van der Waals surface area contributed by atoms with E-state index in [0.717, 1.165) is 6.42 Å². The van der Waals surface area contributed by atoms with Crippen molar-refractivity contribution in [2.75, 3.05) is 0 Å². The van der Waals surface area contributed by atoms with Gasteiger partial charge in [-0.1, -0.05) is 13.3 Å². The molecule has 1 N–H and O–H groups in total. The number of hydrogen-bond donors (Lipinski definition) is 1. The van der Waals surface area contributed by atoms with E-state index in [4.69, 9.17) is 4.74 Å². The summed E-state index contributed by atoms with van der Waals surface area (Å²) in [5.41, 5.74) is 0. The number of aliphatic hydroxyl groups excluding tert-OH is 1. The Balaban J connectivity index is 2.37. The summed E-state index contributed by atoms with van der Waals surface area (Å²) in [6, 6.07) is 0. The van der Waals surface area contributed by atoms with Crippen LogP contribution in [0.15, 0.2) is 12.2 Å². The van der Waals surface area contributed by atoms with E-state index in [2.05, 4.69) is 0 Å². The topological polar surface area (TPSA) is 46.5 Å². The number of aliphatic hydroxyl groups is 1. The molecule has 1 aliphatic heterocycles. The van der Waals surface area contributed by atoms with Gasteiger partial charge in [0.2, 0.25) is 0 Å². The molecule has 0 amide bonds. The average Bonchev–Trinajstić information content (AvgIpc) is 2.36. The van der Waals surface area contributed by atoms with Crippen LogP contribution in [0, 0.1) is 0 Å². The number of rotatable bonds is 3. The maximum Gasteiger partial charge on any atom is 0.331 e. The maximum absolute atomic E-state index is 10.5. The fourth-order valence-corrected chi connectivity index (χ4v) is 1.05. The third-order valence-electron chi connectivity index (χ3n) is 1.64. The van der Waals surface area contributed by atoms with Crippen molar-refractivity contribution >= 4 is 5.97 Å². The molecule has 0 fully saturated rings. The zero-order valence-electron chi connectivity index (χ0n) is 6.49. The predicted molar refractivity (Wildman–Crippen MR) is 39.9 cm³/mol. The smallest absolute Gasteiger partial charge is 0.331 e. The fraction of sp³-hybridized carbons (Fsp3) is 0.625. The Morgan fingerprint density at radius 1 is 1.82 bits per heavy atom. The lowest BCUT2D eigenvalue weighted by molar-refractivity contribution is -0.142. The standard InChI is InChI=1S/C8H12O3/c1-2-3-6(9)7-4-5-8(10)11-7/h4-7,9H,2-3H2,1H3/t6?,7-/m1/s1. The van der Waals surface area contributed by atoms with Crippen molar-refractivity contribution < 1.29 is 14.6 Å². The number of esters is 1. The van der Waals surface area contributed by atoms with Crippen molar-refractivity contribution in [3.8, 4) is 0 Å². The van der Waals surface area contributed by atoms with Crippen LogP contribution in [0.2, 0.25) is 0 Å². The van der Waals surface area contributed by atoms with E-state index < -0.39 is 12.2 Å². The van der Waals surface area contributed by atoms with E-state index in [0.29, 0.717) is 6.42 Å². The number of ether oxygens (including phenoxy) is 1. The quantitative estimate of drug-likeness (QED) is 0.609. The highest BCUT2D eigenvalue weighted by molar-refractivity contribution is 5.84. The van der Waals surface area contributed by atoms with Gasteiger partial charge in [0, 0.05) is 6.08 Å². The van der Waals surface area contributed by atoms with Gasteiger partial charge in [0.1, 0.15) is 6.10 Å². The first-order chi connectivity index (χ1) is 5.24. The molecule has 0 aromatic rings. The molecule has 3 heteroatoms. The first-order valence-corrected chi connectivity index (χ1v) is 3.81. The number of carbonyl (C=O) groups excluding carboxylic acids is 1. The Bertz CT molecular complexity index is 174. The summed E-state index contributed by atoms with van der Waals surface area (Å²) >= 11 is 0. The van der Waals surface area contributed by atoms with Crippen LogP contribution in [0.3, 0.4) is 0 Å². The molecule has 2 atom stereocenters. The molecule has 0 spiro atoms. The molecular formula is C8H12O3. The van der Waals surface area contributed by atoms with Crippen molar-refractivity contribution in [3.05, 3.63) is 12.2 Å². The molecule has 0 aromatic heterocycles. The van der Waals surface area contributed by atoms with Crippen molar-refractivity contribution in [3.63, 3.8) is 0 Å². The first-order valence-electron chi connectivity index (χ1n) is 3.81. The minimum Gasteiger partial charge on any atom is -0.452 e. The molecule has 0 saturated carbocycles. The second kappa shape index (κ2) is 3.53. The highest BCUT2D eigenvalue weighted by Crippen LogP contribution is 2.12. The molecule has 62 valence electrons. The summed E-state index contributed by atoms with van der Waals surface area (Å²) in [6.45, 7) is 1.98. The monoisotopic (exact) mass is 156 g/mol. The molecule has 1 rings (SSSR count). The Morgan fingerprint density at radius 3 is 3.00 bits per heavy atom. The van der Waals surface area contributed by atoms with Crippen LogP contribution in [0.5, 0.6) is 0 Å². The minimum atomic E-state index is -0.539. The molecule has 3 nitrogen and oxygen atoms in total. The SMILES string of the molecule is CCCC(O)[C@H]1C=CC(=O)O1. The van der Waals surface area contributed by atoms with Crippen molar-refractivity contribution in [2.24, 2.45) is 0 Å². The van der Waals surface area contributed by atoms with Crippen LogP contribution in [0.4, 0.5) is 0 Å². The highest BCUT2D eigenvalue weighted by atomic mass is 16.6. The van der Waals surface area contributed by atoms with Gasteiger partial charge in [-0.3, -0.25) is 0 Å². The summed E-state index contributed by atoms with van der Waals surface area (Å²) in [6.07, 6.45) is 3.56. The molecule has 0 aliphatic carbocycles. The Kier molecular flexibility index (Phi) is 2.65. The van der Waals surface area contributed by atoms with Crippen molar-refractivity contribution in [1.82, 2.24) is 0 Å². The highest BCUT2D eigenvalue weighted by Gasteiger charge is 2.23. The van der Waals surface area contributed by atoms with Gasteiger partial charge in [-0.15, -0.1) is 0 Å². The summed E-state index contributed by atoms with van der Waals surface area (Å²) in [7, 11) is 0. The first kappa shape index (κ1) is 8.27. The lowest BCUT2D eigenvalue weighted by Crippen LogP contribution is -2.25. The van der Waals surface area contributed by atoms with Crippen LogP contribution in [0.1, 0.15) is 19.8 Å². The van der Waals surface area contributed by atoms with Gasteiger partial charge < -0.3 is 9.84 Å². The molecule has 0 saturated heterocycles. The Morgan fingerprint density at radius 2 is 2.55 bits per heavy atom. The van der Waals surface area contributed by atoms with Crippen LogP contribution in [0.25, 0.3) is 0 Å². The average molecular weight is 156 g/mol. The van der Waals surface area contributed by atoms with E-state index >= 15 is 0 Å². The van der Waals surface area contributed by atoms with Gasteiger partial charge in [0.15, 0.2) is 0 Å². The van der Waals surface area contributed by atoms with E-state index in [-0.39, 0.29) is 5.97 Å². The van der Waals surface area contributed by atoms with Gasteiger partial charge in [-0.05, 0) is 12.5 Å². The van der Waals surface area contributed by atoms with Crippen molar-refractivity contribution in [2.45, 2.75) is 32.0 Å². The van der Waals surface area contributed by atoms with Gasteiger partial charge in [0.05, 0.1) is 6.10 Å². The maximum atomic E-state index is 10.5. The third kappa shape index (κ3) is 2.05. The van der Waals surface area contributed by atoms with Crippen LogP contribution in [-0.4, -0.2) is 23.3 Å². The van der Waals surface area contributed by atoms with Crippen LogP contribution in [-0.2, 0) is 9.53 Å². The predicted octanol–water partition coefficient (Wildman–Crippen LogP) is 0.629. The van der Waals surface area contributed by atoms with Gasteiger partial charge in [-0.2, -0.15) is 0 Å². The zero-order valence-corrected chi connectivity index (χ0v) is 6.49. The zero-order chi connectivity index (χ0) is 8.27. The lowest BCUT2D eigenvalue weighted by atomic mass is 10.1. The molecule has 0 aromatic carbocycles. The summed E-state index contributed by atoms with van der Waals surface area (Å²) in [5, 5.41) is 9.34. The summed E-state index contributed by atoms with van der Waals surface area (Å²) < 4.78 is 4.78. The molecule has 1 heterocycles. The number of cyclic esters (lactones) is 1. The van der Waals surface area contributed by atoms with E-state index in [1.165, 1.54) is 6.08 Å². The Hall–Kier alpha value is -0.830.